The van der Waals surface area contributed by atoms with Crippen LogP contribution in [0.15, 0.2) is 0 Å². The largest absolute Gasteiger partial charge is 0.463 e. The van der Waals surface area contributed by atoms with Crippen molar-refractivity contribution in [1.82, 2.24) is 6.15 Å². The summed E-state index contributed by atoms with van der Waals surface area (Å²) in [5, 5.41) is 25.0. The third-order valence-corrected chi connectivity index (χ3v) is 1.10. The van der Waals surface area contributed by atoms with E-state index in [1.807, 2.05) is 0 Å². The average molecular weight is 195 g/mol. The molecule has 6 N–H and O–H groups in total. The molecule has 0 saturated carbocycles. The lowest BCUT2D eigenvalue weighted by molar-refractivity contribution is -0.314. The molecular weight excluding hydrogens is 182 g/mol. The highest BCUT2D eigenvalue weighted by atomic mass is 16.7. The van der Waals surface area contributed by atoms with Crippen molar-refractivity contribution in [2.75, 3.05) is 7.11 Å². The lowest BCUT2D eigenvalue weighted by atomic mass is 10.2. The summed E-state index contributed by atoms with van der Waals surface area (Å²) in [5.74, 6) is -4.90. The van der Waals surface area contributed by atoms with E-state index in [1.54, 1.807) is 0 Å². The molecule has 0 atom stereocenters. The molecule has 0 aromatic rings. The van der Waals surface area contributed by atoms with Crippen LogP contribution in [-0.2, 0) is 14.3 Å². The maximum Gasteiger partial charge on any atom is 0.374 e. The van der Waals surface area contributed by atoms with Gasteiger partial charge in [-0.1, -0.05) is 0 Å². The summed E-state index contributed by atoms with van der Waals surface area (Å²) in [6, 6.07) is 0. The van der Waals surface area contributed by atoms with Gasteiger partial charge in [0.2, 0.25) is 5.78 Å². The van der Waals surface area contributed by atoms with Gasteiger partial charge < -0.3 is 26.2 Å². The van der Waals surface area contributed by atoms with Crippen LogP contribution in [0, 0.1) is 0 Å². The second-order valence-electron chi connectivity index (χ2n) is 2.19. The Kier molecular flexibility index (Phi) is 6.24. The van der Waals surface area contributed by atoms with Crippen molar-refractivity contribution in [1.29, 1.82) is 0 Å². The zero-order chi connectivity index (χ0) is 9.78. The minimum atomic E-state index is -2.91. The molecule has 0 amide bonds. The number of hydrogen-bond acceptors (Lipinski definition) is 7. The molecule has 7 nitrogen and oxygen atoms in total. The summed E-state index contributed by atoms with van der Waals surface area (Å²) < 4.78 is 4.04. The molecule has 0 radical (unpaired) electrons. The maximum atomic E-state index is 10.6. The Bertz CT molecular complexity index is 184. The van der Waals surface area contributed by atoms with Gasteiger partial charge in [0.1, 0.15) is 0 Å². The van der Waals surface area contributed by atoms with Gasteiger partial charge in [-0.2, -0.15) is 0 Å². The molecule has 0 rings (SSSR count). The molecular formula is C6H13NO6. The summed E-state index contributed by atoms with van der Waals surface area (Å²) >= 11 is 0. The second kappa shape index (κ2) is 5.60. The van der Waals surface area contributed by atoms with Crippen LogP contribution < -0.4 is 6.15 Å². The summed E-state index contributed by atoms with van der Waals surface area (Å²) in [7, 11) is 1.03. The van der Waals surface area contributed by atoms with Gasteiger partial charge in [0.25, 0.3) is 5.97 Å². The molecule has 7 heteroatoms. The summed E-state index contributed by atoms with van der Waals surface area (Å²) in [6.45, 7) is 0. The minimum absolute atomic E-state index is 0. The Morgan fingerprint density at radius 3 is 2.08 bits per heavy atom. The van der Waals surface area contributed by atoms with Gasteiger partial charge in [0.05, 0.1) is 7.11 Å². The van der Waals surface area contributed by atoms with E-state index in [9.17, 15) is 9.59 Å². The van der Waals surface area contributed by atoms with Crippen molar-refractivity contribution >= 4 is 11.8 Å². The number of aliphatic hydroxyl groups is 3. The standard InChI is InChI=1S/C6H10O6.H3N/c1-12-5(8)4(7)2-3-6(9,10)11;/h9-11H,2-3H2,1H3;1H3. The van der Waals surface area contributed by atoms with E-state index < -0.39 is 30.6 Å². The molecule has 0 saturated heterocycles. The normalized spacial score (nSPS) is 10.2. The number of ether oxygens (including phenoxy) is 1. The molecule has 0 aliphatic rings. The van der Waals surface area contributed by atoms with Crippen LogP contribution in [0.2, 0.25) is 0 Å². The van der Waals surface area contributed by atoms with E-state index in [1.165, 1.54) is 0 Å². The summed E-state index contributed by atoms with van der Waals surface area (Å²) in [5.41, 5.74) is 0. The third kappa shape index (κ3) is 7.34. The van der Waals surface area contributed by atoms with Crippen LogP contribution in [0.5, 0.6) is 0 Å². The minimum Gasteiger partial charge on any atom is -0.463 e. The first-order chi connectivity index (χ1) is 5.37. The SMILES string of the molecule is COC(=O)C(=O)CCC(O)(O)O.N. The topological polar surface area (TPSA) is 139 Å². The first kappa shape index (κ1) is 14.5. The molecule has 0 unspecified atom stereocenters. The van der Waals surface area contributed by atoms with Crippen LogP contribution in [0.4, 0.5) is 0 Å². The number of ketones is 1. The third-order valence-electron chi connectivity index (χ3n) is 1.10. The number of esters is 1. The number of carbonyl (C=O) groups is 2. The molecule has 0 aromatic carbocycles. The molecule has 13 heavy (non-hydrogen) atoms. The Morgan fingerprint density at radius 2 is 1.77 bits per heavy atom. The Labute approximate surface area is 74.5 Å². The molecule has 0 bridgehead atoms. The quantitative estimate of drug-likeness (QED) is 0.238. The fourth-order valence-electron chi connectivity index (χ4n) is 0.497. The van der Waals surface area contributed by atoms with Gasteiger partial charge in [-0.25, -0.2) is 4.79 Å². The van der Waals surface area contributed by atoms with E-state index in [2.05, 4.69) is 4.74 Å². The highest BCUT2D eigenvalue weighted by Gasteiger charge is 2.22. The van der Waals surface area contributed by atoms with Gasteiger partial charge in [0, 0.05) is 12.8 Å². The van der Waals surface area contributed by atoms with Gasteiger partial charge in [-0.15, -0.1) is 0 Å². The van der Waals surface area contributed by atoms with E-state index in [4.69, 9.17) is 15.3 Å². The van der Waals surface area contributed by atoms with Gasteiger partial charge in [-0.05, 0) is 0 Å². The van der Waals surface area contributed by atoms with Crippen molar-refractivity contribution in [2.24, 2.45) is 0 Å². The summed E-state index contributed by atoms with van der Waals surface area (Å²) in [6.07, 6.45) is -1.10. The molecule has 0 heterocycles. The van der Waals surface area contributed by atoms with Crippen molar-refractivity contribution < 1.29 is 29.6 Å². The van der Waals surface area contributed by atoms with Crippen molar-refractivity contribution in [3.63, 3.8) is 0 Å². The first-order valence-corrected chi connectivity index (χ1v) is 3.15. The van der Waals surface area contributed by atoms with Gasteiger partial charge >= 0.3 is 5.97 Å². The highest BCUT2D eigenvalue weighted by molar-refractivity contribution is 6.33. The maximum absolute atomic E-state index is 10.6. The number of hydrogen-bond donors (Lipinski definition) is 4. The van der Waals surface area contributed by atoms with Crippen LogP contribution in [0.1, 0.15) is 12.8 Å². The van der Waals surface area contributed by atoms with Crippen LogP contribution in [-0.4, -0.2) is 40.2 Å². The number of carbonyl (C=O) groups excluding carboxylic acids is 2. The van der Waals surface area contributed by atoms with E-state index >= 15 is 0 Å². The van der Waals surface area contributed by atoms with Crippen LogP contribution in [0.25, 0.3) is 0 Å². The van der Waals surface area contributed by atoms with E-state index in [0.717, 1.165) is 7.11 Å². The van der Waals surface area contributed by atoms with Crippen molar-refractivity contribution in [2.45, 2.75) is 18.8 Å². The summed E-state index contributed by atoms with van der Waals surface area (Å²) in [4.78, 5) is 21.0. The Hall–Kier alpha value is -1.02. The zero-order valence-electron chi connectivity index (χ0n) is 7.19. The number of Topliss-reactive ketones (excluding diaryl/α,β-unsaturated/α-hetero) is 1. The molecule has 0 aromatic heterocycles. The predicted octanol–water partition coefficient (Wildman–Crippen LogP) is -1.70. The average Bonchev–Trinajstić information content (AvgIpc) is 1.97. The smallest absolute Gasteiger partial charge is 0.374 e. The molecule has 0 aliphatic carbocycles. The molecule has 0 fully saturated rings. The van der Waals surface area contributed by atoms with E-state index in [0.29, 0.717) is 0 Å². The Balaban J connectivity index is 0. The lowest BCUT2D eigenvalue weighted by Gasteiger charge is -2.11. The van der Waals surface area contributed by atoms with Crippen LogP contribution in [0.3, 0.4) is 0 Å². The predicted molar refractivity (Wildman–Crippen MR) is 40.7 cm³/mol. The lowest BCUT2D eigenvalue weighted by Crippen LogP contribution is -2.29. The highest BCUT2D eigenvalue weighted by Crippen LogP contribution is 2.04. The fraction of sp³-hybridized carbons (Fsp3) is 0.667. The first-order valence-electron chi connectivity index (χ1n) is 3.15. The monoisotopic (exact) mass is 195 g/mol. The van der Waals surface area contributed by atoms with Gasteiger partial charge in [0.15, 0.2) is 0 Å². The zero-order valence-corrected chi connectivity index (χ0v) is 7.19. The van der Waals surface area contributed by atoms with Crippen molar-refractivity contribution in [3.8, 4) is 0 Å². The van der Waals surface area contributed by atoms with E-state index in [-0.39, 0.29) is 6.15 Å². The van der Waals surface area contributed by atoms with Crippen LogP contribution >= 0.6 is 0 Å². The number of methoxy groups -OCH3 is 1. The molecule has 0 spiro atoms. The van der Waals surface area contributed by atoms with Crippen molar-refractivity contribution in [3.05, 3.63) is 0 Å². The fourth-order valence-corrected chi connectivity index (χ4v) is 0.497. The molecule has 78 valence electrons. The second-order valence-corrected chi connectivity index (χ2v) is 2.19. The number of rotatable bonds is 4. The molecule has 0 aliphatic heterocycles. The Morgan fingerprint density at radius 1 is 1.31 bits per heavy atom. The van der Waals surface area contributed by atoms with Gasteiger partial charge in [-0.3, -0.25) is 4.79 Å².